The molecular formula is C42H70O5SSi2. The molecule has 1 aromatic rings. The summed E-state index contributed by atoms with van der Waals surface area (Å²) in [6.07, 6.45) is 14.6. The van der Waals surface area contributed by atoms with Gasteiger partial charge in [0.25, 0.3) is 10.1 Å². The van der Waals surface area contributed by atoms with Crippen LogP contribution in [-0.2, 0) is 23.2 Å². The van der Waals surface area contributed by atoms with Crippen LogP contribution in [0.15, 0.2) is 52.5 Å². The van der Waals surface area contributed by atoms with E-state index in [1.807, 2.05) is 19.1 Å². The second kappa shape index (κ2) is 14.3. The van der Waals surface area contributed by atoms with E-state index in [0.29, 0.717) is 23.7 Å². The quantitative estimate of drug-likeness (QED) is 0.176. The van der Waals surface area contributed by atoms with Gasteiger partial charge in [0.15, 0.2) is 16.6 Å². The Morgan fingerprint density at radius 3 is 1.90 bits per heavy atom. The Kier molecular flexibility index (Phi) is 11.5. The summed E-state index contributed by atoms with van der Waals surface area (Å²) >= 11 is 0. The van der Waals surface area contributed by atoms with Crippen LogP contribution in [0.3, 0.4) is 0 Å². The lowest BCUT2D eigenvalue weighted by Gasteiger charge is -2.49. The molecule has 0 unspecified atom stereocenters. The van der Waals surface area contributed by atoms with Crippen LogP contribution in [0.4, 0.5) is 0 Å². The molecule has 4 fully saturated rings. The molecular weight excluding hydrogens is 673 g/mol. The fourth-order valence-electron chi connectivity index (χ4n) is 8.75. The maximum Gasteiger partial charge on any atom is 0.296 e. The van der Waals surface area contributed by atoms with Gasteiger partial charge in [0, 0.05) is 5.41 Å². The number of benzene rings is 1. The fourth-order valence-corrected chi connectivity index (χ4v) is 12.5. The lowest BCUT2D eigenvalue weighted by Crippen LogP contribution is -2.54. The number of allylic oxidation sites excluding steroid dienone is 3. The van der Waals surface area contributed by atoms with E-state index in [-0.39, 0.29) is 45.1 Å². The molecule has 4 aliphatic carbocycles. The molecule has 0 radical (unpaired) electrons. The lowest BCUT2D eigenvalue weighted by atomic mass is 9.67. The second-order valence-corrected chi connectivity index (χ2v) is 31.0. The average Bonchev–Trinajstić information content (AvgIpc) is 3.67. The molecule has 8 heteroatoms. The number of hydrogen-bond acceptors (Lipinski definition) is 5. The van der Waals surface area contributed by atoms with Crippen LogP contribution in [0.2, 0.25) is 36.3 Å². The molecule has 0 bridgehead atoms. The van der Waals surface area contributed by atoms with E-state index in [9.17, 15) is 8.42 Å². The molecule has 0 heterocycles. The monoisotopic (exact) mass is 742 g/mol. The molecule has 282 valence electrons. The van der Waals surface area contributed by atoms with Crippen LogP contribution in [0.25, 0.3) is 0 Å². The Morgan fingerprint density at radius 2 is 1.40 bits per heavy atom. The summed E-state index contributed by atoms with van der Waals surface area (Å²) in [6, 6.07) is 6.95. The number of rotatable bonds is 10. The van der Waals surface area contributed by atoms with E-state index in [2.05, 4.69) is 93.7 Å². The van der Waals surface area contributed by atoms with Crippen LogP contribution < -0.4 is 0 Å². The van der Waals surface area contributed by atoms with Gasteiger partial charge >= 0.3 is 0 Å². The van der Waals surface area contributed by atoms with Crippen molar-refractivity contribution in [2.24, 2.45) is 35.0 Å². The van der Waals surface area contributed by atoms with Gasteiger partial charge in [-0.25, -0.2) is 0 Å². The van der Waals surface area contributed by atoms with Gasteiger partial charge in [0.2, 0.25) is 0 Å². The zero-order valence-electron chi connectivity index (χ0n) is 33.8. The maximum absolute atomic E-state index is 13.0. The van der Waals surface area contributed by atoms with Crippen molar-refractivity contribution < 1.29 is 21.5 Å². The smallest absolute Gasteiger partial charge is 0.296 e. The Labute approximate surface area is 308 Å². The Bertz CT molecular complexity index is 1480. The second-order valence-electron chi connectivity index (χ2n) is 19.9. The van der Waals surface area contributed by atoms with Gasteiger partial charge in [-0.2, -0.15) is 8.42 Å². The molecule has 5 nitrogen and oxygen atoms in total. The standard InChI is InChI=1S/C42H70O5SSi2/c1-29-14-20-34(21-15-29)48(43,44)45-28-31(3)35-22-23-36-33(18-16-30(2)39(35)36)19-17-32-26-37(46-49(10,11)40(4,5)6)42(24-25-42)38(27-32)47-50(12,13)41(7,8)9/h14-15,17,19-21,30-31,35-39H,16,18,22-28H2,1-13H3/b33-19+/t30-,31+,35+,36+,37-,38-,39-/m1/s1. The van der Waals surface area contributed by atoms with Crippen LogP contribution in [0.5, 0.6) is 0 Å². The predicted molar refractivity (Wildman–Crippen MR) is 213 cm³/mol. The van der Waals surface area contributed by atoms with Crippen molar-refractivity contribution in [3.8, 4) is 0 Å². The first-order valence-electron chi connectivity index (χ1n) is 19.7. The molecule has 50 heavy (non-hydrogen) atoms. The van der Waals surface area contributed by atoms with Crippen molar-refractivity contribution in [1.82, 2.24) is 0 Å². The van der Waals surface area contributed by atoms with Crippen molar-refractivity contribution in [2.75, 3.05) is 6.61 Å². The number of hydrogen-bond donors (Lipinski definition) is 0. The summed E-state index contributed by atoms with van der Waals surface area (Å²) < 4.78 is 46.3. The van der Waals surface area contributed by atoms with Crippen molar-refractivity contribution in [2.45, 2.75) is 167 Å². The normalized spacial score (nSPS) is 30.4. The third kappa shape index (κ3) is 8.36. The molecule has 5 rings (SSSR count). The minimum Gasteiger partial charge on any atom is -0.413 e. The molecule has 4 saturated carbocycles. The van der Waals surface area contributed by atoms with Crippen LogP contribution in [-0.4, -0.2) is 43.9 Å². The molecule has 0 aliphatic heterocycles. The predicted octanol–water partition coefficient (Wildman–Crippen LogP) is 11.6. The average molecular weight is 743 g/mol. The van der Waals surface area contributed by atoms with Gasteiger partial charge in [-0.05, 0) is 136 Å². The number of fused-ring (bicyclic) bond motifs is 1. The van der Waals surface area contributed by atoms with Crippen molar-refractivity contribution in [3.63, 3.8) is 0 Å². The zero-order valence-corrected chi connectivity index (χ0v) is 36.6. The van der Waals surface area contributed by atoms with Gasteiger partial charge in [-0.15, -0.1) is 0 Å². The highest BCUT2D eigenvalue weighted by Crippen LogP contribution is 2.62. The molecule has 4 aliphatic rings. The fraction of sp³-hybridized carbons (Fsp3) is 0.762. The van der Waals surface area contributed by atoms with E-state index in [4.69, 9.17) is 13.0 Å². The summed E-state index contributed by atoms with van der Waals surface area (Å²) in [4.78, 5) is 0.244. The Morgan fingerprint density at radius 1 is 0.860 bits per heavy atom. The number of aryl methyl sites for hydroxylation is 1. The first-order valence-corrected chi connectivity index (χ1v) is 26.9. The topological polar surface area (TPSA) is 61.8 Å². The van der Waals surface area contributed by atoms with E-state index in [1.165, 1.54) is 31.3 Å². The molecule has 1 spiro atoms. The molecule has 0 saturated heterocycles. The molecule has 1 aromatic carbocycles. The third-order valence-electron chi connectivity index (χ3n) is 14.3. The Hall–Kier alpha value is -1.04. The zero-order chi connectivity index (χ0) is 37.1. The summed E-state index contributed by atoms with van der Waals surface area (Å²) in [7, 11) is -7.70. The van der Waals surface area contributed by atoms with E-state index in [1.54, 1.807) is 17.7 Å². The van der Waals surface area contributed by atoms with Gasteiger partial charge in [-0.1, -0.05) is 96.4 Å². The SMILES string of the molecule is Cc1ccc(S(=O)(=O)OC[C@H](C)[C@@H]2CC[C@H]3/C(=C/C=C4C[C@@H](O[Si](C)(C)C(C)(C)C)C5(CC5)[C@H](O[Si](C)(C)C(C)(C)C)C4)CC[C@@H](C)[C@H]23)cc1. The molecule has 0 amide bonds. The van der Waals surface area contributed by atoms with Gasteiger partial charge < -0.3 is 8.85 Å². The highest BCUT2D eigenvalue weighted by molar-refractivity contribution is 7.86. The van der Waals surface area contributed by atoms with Crippen molar-refractivity contribution in [3.05, 3.63) is 53.1 Å². The first kappa shape index (κ1) is 40.2. The van der Waals surface area contributed by atoms with Crippen molar-refractivity contribution in [1.29, 1.82) is 0 Å². The maximum atomic E-state index is 13.0. The van der Waals surface area contributed by atoms with Crippen molar-refractivity contribution >= 4 is 26.8 Å². The van der Waals surface area contributed by atoms with E-state index >= 15 is 0 Å². The van der Waals surface area contributed by atoms with E-state index < -0.39 is 26.8 Å². The summed E-state index contributed by atoms with van der Waals surface area (Å²) in [5, 5.41) is 0.337. The van der Waals surface area contributed by atoms with Gasteiger partial charge in [-0.3, -0.25) is 4.18 Å². The summed E-state index contributed by atoms with van der Waals surface area (Å²) in [6.45, 7) is 30.6. The first-order chi connectivity index (χ1) is 23.0. The largest absolute Gasteiger partial charge is 0.413 e. The van der Waals surface area contributed by atoms with Gasteiger partial charge in [0.1, 0.15) is 0 Å². The van der Waals surface area contributed by atoms with Gasteiger partial charge in [0.05, 0.1) is 23.7 Å². The van der Waals surface area contributed by atoms with Crippen LogP contribution in [0.1, 0.15) is 112 Å². The third-order valence-corrected chi connectivity index (χ3v) is 24.6. The van der Waals surface area contributed by atoms with E-state index in [0.717, 1.165) is 31.2 Å². The summed E-state index contributed by atoms with van der Waals surface area (Å²) in [5.74, 6) is 2.41. The highest BCUT2D eigenvalue weighted by Gasteiger charge is 2.61. The molecule has 0 N–H and O–H groups in total. The summed E-state index contributed by atoms with van der Waals surface area (Å²) in [5.41, 5.74) is 4.29. The molecule has 0 aromatic heterocycles. The molecule has 7 atom stereocenters. The van der Waals surface area contributed by atoms with Crippen LogP contribution >= 0.6 is 0 Å². The lowest BCUT2D eigenvalue weighted by molar-refractivity contribution is -0.00939. The Balaban J connectivity index is 1.35. The highest BCUT2D eigenvalue weighted by atomic mass is 32.2. The minimum absolute atomic E-state index is 0.157. The van der Waals surface area contributed by atoms with Crippen LogP contribution in [0, 0.1) is 41.9 Å². The minimum atomic E-state index is -3.76.